The normalized spacial score (nSPS) is 24.8. The molecule has 0 saturated heterocycles. The van der Waals surface area contributed by atoms with Gasteiger partial charge in [0, 0.05) is 23.0 Å². The van der Waals surface area contributed by atoms with Crippen molar-refractivity contribution in [3.63, 3.8) is 0 Å². The van der Waals surface area contributed by atoms with Gasteiger partial charge in [0.25, 0.3) is 5.91 Å². The van der Waals surface area contributed by atoms with E-state index in [1.807, 2.05) is 6.07 Å². The minimum Gasteiger partial charge on any atom is -0.272 e. The van der Waals surface area contributed by atoms with Crippen LogP contribution in [0.1, 0.15) is 80.8 Å². The van der Waals surface area contributed by atoms with Crippen LogP contribution in [-0.4, -0.2) is 15.7 Å². The van der Waals surface area contributed by atoms with Crippen molar-refractivity contribution >= 4 is 5.91 Å². The van der Waals surface area contributed by atoms with E-state index < -0.39 is 0 Å². The Labute approximate surface area is 162 Å². The Kier molecular flexibility index (Phi) is 5.03. The summed E-state index contributed by atoms with van der Waals surface area (Å²) >= 11 is 0. The predicted molar refractivity (Wildman–Crippen MR) is 110 cm³/mol. The molecule has 3 heteroatoms. The summed E-state index contributed by atoms with van der Waals surface area (Å²) in [5, 5.41) is 5.00. The topological polar surface area (TPSA) is 34.9 Å². The molecule has 0 radical (unpaired) electrons. The summed E-state index contributed by atoms with van der Waals surface area (Å²) in [6.45, 7) is 6.85. The third kappa shape index (κ3) is 3.28. The highest BCUT2D eigenvalue weighted by atomic mass is 16.2. The maximum absolute atomic E-state index is 13.5. The molecular weight excluding hydrogens is 332 g/mol. The third-order valence-electron chi connectivity index (χ3n) is 6.38. The molecule has 2 aromatic rings. The fourth-order valence-electron chi connectivity index (χ4n) is 4.79. The number of hydrogen-bond donors (Lipinski definition) is 0. The molecule has 1 aromatic carbocycles. The lowest BCUT2D eigenvalue weighted by Gasteiger charge is -2.28. The quantitative estimate of drug-likeness (QED) is 0.611. The second kappa shape index (κ2) is 7.46. The highest BCUT2D eigenvalue weighted by molar-refractivity contribution is 5.87. The Morgan fingerprint density at radius 3 is 2.56 bits per heavy atom. The van der Waals surface area contributed by atoms with Crippen LogP contribution in [0.15, 0.2) is 42.5 Å². The summed E-state index contributed by atoms with van der Waals surface area (Å²) < 4.78 is 1.78. The number of allylic oxidation sites excluding steroid dienone is 2. The molecule has 1 aromatic heterocycles. The molecule has 3 atom stereocenters. The van der Waals surface area contributed by atoms with Gasteiger partial charge in [-0.25, -0.2) is 0 Å². The highest BCUT2D eigenvalue weighted by Crippen LogP contribution is 2.46. The third-order valence-corrected chi connectivity index (χ3v) is 6.38. The van der Waals surface area contributed by atoms with Gasteiger partial charge in [0.1, 0.15) is 0 Å². The summed E-state index contributed by atoms with van der Waals surface area (Å²) in [7, 11) is 0. The first-order valence-electron chi connectivity index (χ1n) is 10.4. The van der Waals surface area contributed by atoms with Crippen LogP contribution in [0.5, 0.6) is 0 Å². The van der Waals surface area contributed by atoms with Crippen molar-refractivity contribution in [2.24, 2.45) is 11.8 Å². The lowest BCUT2D eigenvalue weighted by atomic mass is 9.75. The fraction of sp³-hybridized carbons (Fsp3) is 0.500. The Balaban J connectivity index is 1.88. The van der Waals surface area contributed by atoms with Crippen LogP contribution < -0.4 is 0 Å². The molecule has 2 aliphatic rings. The van der Waals surface area contributed by atoms with Crippen molar-refractivity contribution in [3.8, 4) is 11.3 Å². The first kappa shape index (κ1) is 18.2. The summed E-state index contributed by atoms with van der Waals surface area (Å²) in [4.78, 5) is 13.5. The molecule has 3 nitrogen and oxygen atoms in total. The minimum atomic E-state index is 0.0478. The Morgan fingerprint density at radius 1 is 1.11 bits per heavy atom. The largest absolute Gasteiger partial charge is 0.272 e. The van der Waals surface area contributed by atoms with Crippen LogP contribution in [0.25, 0.3) is 11.3 Å². The van der Waals surface area contributed by atoms with E-state index in [0.717, 1.165) is 36.9 Å². The van der Waals surface area contributed by atoms with E-state index in [1.54, 1.807) is 4.68 Å². The molecule has 0 aliphatic heterocycles. The molecule has 0 amide bonds. The SMILES string of the molecule is CC(C)[C@@H]1CC[C@@H](C)c2c1nn(C(=O)[C@@H]1CC=CCC1)c2-c1ccccc1. The van der Waals surface area contributed by atoms with Gasteiger partial charge in [-0.2, -0.15) is 9.78 Å². The Morgan fingerprint density at radius 2 is 1.89 bits per heavy atom. The van der Waals surface area contributed by atoms with Gasteiger partial charge >= 0.3 is 0 Å². The lowest BCUT2D eigenvalue weighted by molar-refractivity contribution is 0.0810. The fourth-order valence-corrected chi connectivity index (χ4v) is 4.79. The molecule has 4 rings (SSSR count). The maximum atomic E-state index is 13.5. The molecule has 0 saturated carbocycles. The number of carbonyl (C=O) groups excluding carboxylic acids is 1. The van der Waals surface area contributed by atoms with Gasteiger partial charge in [0.05, 0.1) is 11.4 Å². The number of hydrogen-bond acceptors (Lipinski definition) is 2. The number of aromatic nitrogens is 2. The lowest BCUT2D eigenvalue weighted by Crippen LogP contribution is -2.24. The van der Waals surface area contributed by atoms with E-state index in [2.05, 4.69) is 57.2 Å². The zero-order chi connectivity index (χ0) is 19.0. The van der Waals surface area contributed by atoms with Crippen molar-refractivity contribution in [1.82, 2.24) is 9.78 Å². The molecule has 0 spiro atoms. The van der Waals surface area contributed by atoms with Crippen molar-refractivity contribution in [2.75, 3.05) is 0 Å². The summed E-state index contributed by atoms with van der Waals surface area (Å²) in [6, 6.07) is 10.4. The number of nitrogens with zero attached hydrogens (tertiary/aromatic N) is 2. The molecule has 142 valence electrons. The van der Waals surface area contributed by atoms with Crippen molar-refractivity contribution < 1.29 is 4.79 Å². The van der Waals surface area contributed by atoms with Gasteiger partial charge in [-0.15, -0.1) is 0 Å². The average Bonchev–Trinajstić information content (AvgIpc) is 3.10. The number of carbonyl (C=O) groups is 1. The van der Waals surface area contributed by atoms with E-state index in [4.69, 9.17) is 5.10 Å². The molecule has 1 heterocycles. The summed E-state index contributed by atoms with van der Waals surface area (Å²) in [5.41, 5.74) is 4.64. The molecule has 0 unspecified atom stereocenters. The van der Waals surface area contributed by atoms with Gasteiger partial charge in [-0.05, 0) is 43.9 Å². The maximum Gasteiger partial charge on any atom is 0.250 e. The van der Waals surface area contributed by atoms with E-state index in [-0.39, 0.29) is 11.8 Å². The van der Waals surface area contributed by atoms with Gasteiger partial charge < -0.3 is 0 Å². The molecule has 0 fully saturated rings. The van der Waals surface area contributed by atoms with Gasteiger partial charge in [0.2, 0.25) is 0 Å². The zero-order valence-electron chi connectivity index (χ0n) is 16.7. The number of fused-ring (bicyclic) bond motifs is 1. The summed E-state index contributed by atoms with van der Waals surface area (Å²) in [6.07, 6.45) is 9.42. The van der Waals surface area contributed by atoms with E-state index in [9.17, 15) is 4.79 Å². The minimum absolute atomic E-state index is 0.0478. The zero-order valence-corrected chi connectivity index (χ0v) is 16.7. The monoisotopic (exact) mass is 362 g/mol. The predicted octanol–water partition coefficient (Wildman–Crippen LogP) is 6.18. The van der Waals surface area contributed by atoms with E-state index >= 15 is 0 Å². The van der Waals surface area contributed by atoms with Crippen LogP contribution in [0.4, 0.5) is 0 Å². The van der Waals surface area contributed by atoms with E-state index in [0.29, 0.717) is 17.8 Å². The first-order valence-corrected chi connectivity index (χ1v) is 10.4. The summed E-state index contributed by atoms with van der Waals surface area (Å²) in [5.74, 6) is 1.64. The molecular formula is C24H30N2O. The van der Waals surface area contributed by atoms with Crippen LogP contribution in [0.2, 0.25) is 0 Å². The Hall–Kier alpha value is -2.16. The van der Waals surface area contributed by atoms with Crippen LogP contribution in [0.3, 0.4) is 0 Å². The van der Waals surface area contributed by atoms with Crippen LogP contribution >= 0.6 is 0 Å². The second-order valence-electron chi connectivity index (χ2n) is 8.57. The number of benzene rings is 1. The van der Waals surface area contributed by atoms with Crippen LogP contribution in [-0.2, 0) is 0 Å². The van der Waals surface area contributed by atoms with Crippen molar-refractivity contribution in [2.45, 2.75) is 64.7 Å². The van der Waals surface area contributed by atoms with Crippen LogP contribution in [0, 0.1) is 11.8 Å². The van der Waals surface area contributed by atoms with Crippen molar-refractivity contribution in [1.29, 1.82) is 0 Å². The molecule has 0 bridgehead atoms. The van der Waals surface area contributed by atoms with Gasteiger partial charge in [0.15, 0.2) is 0 Å². The highest BCUT2D eigenvalue weighted by Gasteiger charge is 2.36. The van der Waals surface area contributed by atoms with Gasteiger partial charge in [-0.1, -0.05) is 63.3 Å². The van der Waals surface area contributed by atoms with Gasteiger partial charge in [-0.3, -0.25) is 4.79 Å². The second-order valence-corrected chi connectivity index (χ2v) is 8.57. The van der Waals surface area contributed by atoms with E-state index in [1.165, 1.54) is 17.7 Å². The molecule has 0 N–H and O–H groups in total. The average molecular weight is 363 g/mol. The smallest absolute Gasteiger partial charge is 0.250 e. The molecule has 27 heavy (non-hydrogen) atoms. The Bertz CT molecular complexity index is 847. The first-order chi connectivity index (χ1) is 13.1. The standard InChI is InChI=1S/C24H30N2O/c1-16(2)20-15-14-17(3)21-22(20)25-26(23(21)18-10-6-4-7-11-18)24(27)19-12-8-5-9-13-19/h4-8,10-11,16-17,19-20H,9,12-15H2,1-3H3/t17-,19-,20+/m1/s1. The van der Waals surface area contributed by atoms with Crippen molar-refractivity contribution in [3.05, 3.63) is 53.7 Å². The number of rotatable bonds is 3. The molecule has 2 aliphatic carbocycles.